The number of allylic oxidation sites excluding steroid dienone is 7. The van der Waals surface area contributed by atoms with Gasteiger partial charge in [-0.25, -0.2) is 0 Å². The summed E-state index contributed by atoms with van der Waals surface area (Å²) in [5.41, 5.74) is 0. The average Bonchev–Trinajstić information content (AvgIpc) is 3.09. The molecule has 49 heavy (non-hydrogen) atoms. The van der Waals surface area contributed by atoms with E-state index in [1.54, 1.807) is 42.5 Å². The molecule has 0 aromatic carbocycles. The largest absolute Gasteiger partial charge is 0.463 e. The Kier molecular flexibility index (Phi) is 33.5. The van der Waals surface area contributed by atoms with Crippen molar-refractivity contribution < 1.29 is 39.5 Å². The maximum atomic E-state index is 12.0. The van der Waals surface area contributed by atoms with Crippen LogP contribution in [0.2, 0.25) is 0 Å². The first-order valence-electron chi connectivity index (χ1n) is 19.2. The molecule has 8 heteroatoms. The lowest BCUT2D eigenvalue weighted by Gasteiger charge is -2.14. The summed E-state index contributed by atoms with van der Waals surface area (Å²) in [6.07, 6.45) is 35.1. The van der Waals surface area contributed by atoms with E-state index < -0.39 is 30.4 Å². The molecule has 0 unspecified atom stereocenters. The van der Waals surface area contributed by atoms with Crippen LogP contribution in [-0.4, -0.2) is 70.0 Å². The molecule has 0 aromatic rings. The Morgan fingerprint density at radius 2 is 1.00 bits per heavy atom. The minimum atomic E-state index is -1.09. The lowest BCUT2D eigenvalue weighted by molar-refractivity contribution is -0.152. The fourth-order valence-corrected chi connectivity index (χ4v) is 5.07. The average molecular weight is 691 g/mol. The first kappa shape index (κ1) is 46.5. The third-order valence-electron chi connectivity index (χ3n) is 8.11. The molecule has 0 bridgehead atoms. The Bertz CT molecular complexity index is 922. The number of unbranched alkanes of at least 4 members (excludes halogenated alkanes) is 14. The summed E-state index contributed by atoms with van der Waals surface area (Å²) in [4.78, 5) is 23.9. The Hall–Kier alpha value is -2.52. The van der Waals surface area contributed by atoms with Crippen molar-refractivity contribution in [3.63, 3.8) is 0 Å². The Morgan fingerprint density at radius 1 is 0.551 bits per heavy atom. The number of rotatable bonds is 33. The highest BCUT2D eigenvalue weighted by molar-refractivity contribution is 5.69. The second kappa shape index (κ2) is 35.3. The smallest absolute Gasteiger partial charge is 0.305 e. The highest BCUT2D eigenvalue weighted by atomic mass is 16.6. The van der Waals surface area contributed by atoms with E-state index in [9.17, 15) is 30.0 Å². The lowest BCUT2D eigenvalue weighted by atomic mass is 10.0. The van der Waals surface area contributed by atoms with Gasteiger partial charge in [-0.2, -0.15) is 0 Å². The molecule has 0 fully saturated rings. The van der Waals surface area contributed by atoms with Crippen molar-refractivity contribution in [3.05, 3.63) is 60.8 Å². The highest BCUT2D eigenvalue weighted by Crippen LogP contribution is 2.14. The molecule has 0 aliphatic rings. The van der Waals surface area contributed by atoms with Crippen molar-refractivity contribution >= 4 is 11.9 Å². The van der Waals surface area contributed by atoms with Crippen molar-refractivity contribution in [2.75, 3.05) is 13.2 Å². The van der Waals surface area contributed by atoms with Crippen LogP contribution < -0.4 is 0 Å². The monoisotopic (exact) mass is 691 g/mol. The maximum absolute atomic E-state index is 12.0. The molecule has 0 aromatic heterocycles. The summed E-state index contributed by atoms with van der Waals surface area (Å²) in [7, 11) is 0. The third kappa shape index (κ3) is 33.7. The molecule has 8 nitrogen and oxygen atoms in total. The van der Waals surface area contributed by atoms with Crippen LogP contribution in [0.25, 0.3) is 0 Å². The van der Waals surface area contributed by atoms with Crippen molar-refractivity contribution in [3.8, 4) is 0 Å². The Labute approximate surface area is 298 Å². The zero-order valence-electron chi connectivity index (χ0n) is 30.8. The van der Waals surface area contributed by atoms with Crippen molar-refractivity contribution in [1.29, 1.82) is 0 Å². The maximum Gasteiger partial charge on any atom is 0.305 e. The number of hydrogen-bond donors (Lipinski definition) is 4. The van der Waals surface area contributed by atoms with Gasteiger partial charge in [0.05, 0.1) is 18.3 Å². The van der Waals surface area contributed by atoms with Crippen LogP contribution in [0.15, 0.2) is 60.8 Å². The summed E-state index contributed by atoms with van der Waals surface area (Å²) < 4.78 is 10.2. The van der Waals surface area contributed by atoms with E-state index in [2.05, 4.69) is 6.92 Å². The molecule has 282 valence electrons. The summed E-state index contributed by atoms with van der Waals surface area (Å²) in [6, 6.07) is 0. The number of ether oxygens (including phenoxy) is 2. The molecule has 0 rings (SSSR count). The van der Waals surface area contributed by atoms with Gasteiger partial charge in [0, 0.05) is 12.8 Å². The van der Waals surface area contributed by atoms with Crippen LogP contribution in [-0.2, 0) is 19.1 Å². The number of aliphatic hydroxyl groups excluding tert-OH is 4. The van der Waals surface area contributed by atoms with Gasteiger partial charge < -0.3 is 29.9 Å². The van der Waals surface area contributed by atoms with E-state index in [1.165, 1.54) is 83.1 Å². The minimum Gasteiger partial charge on any atom is -0.463 e. The van der Waals surface area contributed by atoms with Crippen molar-refractivity contribution in [1.82, 2.24) is 0 Å². The van der Waals surface area contributed by atoms with Gasteiger partial charge >= 0.3 is 11.9 Å². The first-order chi connectivity index (χ1) is 23.8. The number of carbonyl (C=O) groups is 2. The predicted molar refractivity (Wildman–Crippen MR) is 200 cm³/mol. The number of hydrogen-bond acceptors (Lipinski definition) is 8. The van der Waals surface area contributed by atoms with Crippen LogP contribution in [0.1, 0.15) is 149 Å². The molecular formula is C41H70O8. The van der Waals surface area contributed by atoms with E-state index >= 15 is 0 Å². The molecule has 0 spiro atoms. The van der Waals surface area contributed by atoms with Crippen molar-refractivity contribution in [2.45, 2.75) is 173 Å². The van der Waals surface area contributed by atoms with Crippen LogP contribution in [0.3, 0.4) is 0 Å². The highest BCUT2D eigenvalue weighted by Gasteiger charge is 2.15. The predicted octanol–water partition coefficient (Wildman–Crippen LogP) is 8.53. The quantitative estimate of drug-likeness (QED) is 0.0233. The van der Waals surface area contributed by atoms with Gasteiger partial charge in [-0.1, -0.05) is 164 Å². The molecule has 0 aliphatic heterocycles. The number of esters is 2. The molecule has 0 saturated heterocycles. The standard InChI is InChI=1S/C41H70O8/c1-3-5-7-8-9-10-11-12-13-14-15-16-17-22-26-32-40(46)48-34-37(43)35-49-41(47)33-27-31-39(45)38(44)30-25-21-19-18-20-24-29-36(42)28-23-6-4-2/h6,18-21,23-25,29-30,36-39,42-45H,3-5,7-17,22,26-28,31-35H2,1-2H3/b20-18+,21-19-,23-6-,29-24+,30-25-/t36-,37+,38+,39+/m1/s1. The molecular weight excluding hydrogens is 620 g/mol. The SMILES string of the molecule is CC/C=C\C[C@@H](O)/C=C/C=C/C=C\C=C/[C@H](O)[C@@H](O)CCCC(=O)OC[C@@H](O)COC(=O)CCCCCCCCCCCCCCCCC. The molecule has 0 aliphatic carbocycles. The molecule has 0 radical (unpaired) electrons. The van der Waals surface area contributed by atoms with E-state index in [-0.39, 0.29) is 32.0 Å². The Balaban J connectivity index is 3.79. The van der Waals surface area contributed by atoms with Crippen LogP contribution in [0.5, 0.6) is 0 Å². The van der Waals surface area contributed by atoms with Crippen LogP contribution in [0, 0.1) is 0 Å². The zero-order valence-corrected chi connectivity index (χ0v) is 30.8. The van der Waals surface area contributed by atoms with Gasteiger partial charge in [0.1, 0.15) is 19.3 Å². The first-order valence-corrected chi connectivity index (χ1v) is 19.2. The van der Waals surface area contributed by atoms with Gasteiger partial charge in [0.2, 0.25) is 0 Å². The number of aliphatic hydroxyl groups is 4. The third-order valence-corrected chi connectivity index (χ3v) is 8.11. The zero-order chi connectivity index (χ0) is 36.2. The summed E-state index contributed by atoms with van der Waals surface area (Å²) in [5, 5.41) is 40.0. The minimum absolute atomic E-state index is 0.0288. The fourth-order valence-electron chi connectivity index (χ4n) is 5.07. The van der Waals surface area contributed by atoms with Gasteiger partial charge in [-0.3, -0.25) is 9.59 Å². The lowest BCUT2D eigenvalue weighted by Crippen LogP contribution is -2.26. The van der Waals surface area contributed by atoms with Gasteiger partial charge in [0.15, 0.2) is 0 Å². The normalized spacial score (nSPS) is 14.8. The molecule has 0 amide bonds. The topological polar surface area (TPSA) is 134 Å². The number of carbonyl (C=O) groups excluding carboxylic acids is 2. The summed E-state index contributed by atoms with van der Waals surface area (Å²) >= 11 is 0. The van der Waals surface area contributed by atoms with Crippen LogP contribution >= 0.6 is 0 Å². The van der Waals surface area contributed by atoms with E-state index in [1.807, 2.05) is 19.1 Å². The van der Waals surface area contributed by atoms with Crippen LogP contribution in [0.4, 0.5) is 0 Å². The van der Waals surface area contributed by atoms with E-state index in [0.29, 0.717) is 19.3 Å². The molecule has 0 saturated carbocycles. The summed E-state index contributed by atoms with van der Waals surface area (Å²) in [6.45, 7) is 3.81. The second-order valence-electron chi connectivity index (χ2n) is 12.9. The Morgan fingerprint density at radius 3 is 1.51 bits per heavy atom. The second-order valence-corrected chi connectivity index (χ2v) is 12.9. The van der Waals surface area contributed by atoms with Gasteiger partial charge in [-0.05, 0) is 32.1 Å². The van der Waals surface area contributed by atoms with Gasteiger partial charge in [-0.15, -0.1) is 0 Å². The summed E-state index contributed by atoms with van der Waals surface area (Å²) in [5.74, 6) is -0.887. The molecule has 0 heterocycles. The van der Waals surface area contributed by atoms with E-state index in [4.69, 9.17) is 9.47 Å². The van der Waals surface area contributed by atoms with Crippen molar-refractivity contribution in [2.24, 2.45) is 0 Å². The van der Waals surface area contributed by atoms with Gasteiger partial charge in [0.25, 0.3) is 0 Å². The molecule has 4 atom stereocenters. The fraction of sp³-hybridized carbons (Fsp3) is 0.707. The molecule has 4 N–H and O–H groups in total. The van der Waals surface area contributed by atoms with E-state index in [0.717, 1.165) is 25.7 Å².